The minimum Gasteiger partial charge on any atom is -0.491 e. The molecule has 0 saturated heterocycles. The Morgan fingerprint density at radius 1 is 1.40 bits per heavy atom. The lowest BCUT2D eigenvalue weighted by molar-refractivity contribution is -0.384. The van der Waals surface area contributed by atoms with Crippen LogP contribution in [0.1, 0.15) is 24.2 Å². The Morgan fingerprint density at radius 2 is 2.05 bits per heavy atom. The van der Waals surface area contributed by atoms with Gasteiger partial charge in [-0.05, 0) is 19.2 Å². The van der Waals surface area contributed by atoms with Gasteiger partial charge in [0, 0.05) is 18.7 Å². The van der Waals surface area contributed by atoms with Crippen LogP contribution in [-0.2, 0) is 0 Å². The summed E-state index contributed by atoms with van der Waals surface area (Å²) >= 11 is 0. The Labute approximate surface area is 116 Å². The number of non-ortho nitro benzene ring substituents is 1. The Balaban J connectivity index is 2.79. The lowest BCUT2D eigenvalue weighted by atomic mass is 10.2. The highest BCUT2D eigenvalue weighted by atomic mass is 16.6. The van der Waals surface area contributed by atoms with Crippen LogP contribution in [0.25, 0.3) is 0 Å². The number of likely N-dealkylation sites (N-methyl/N-ethyl adjacent to an activating group) is 1. The van der Waals surface area contributed by atoms with E-state index in [1.807, 2.05) is 13.8 Å². The lowest BCUT2D eigenvalue weighted by Gasteiger charge is -2.18. The molecule has 7 heteroatoms. The Morgan fingerprint density at radius 3 is 2.55 bits per heavy atom. The average Bonchev–Trinajstić information content (AvgIpc) is 2.43. The largest absolute Gasteiger partial charge is 0.491 e. The van der Waals surface area contributed by atoms with Crippen molar-refractivity contribution >= 4 is 11.7 Å². The van der Waals surface area contributed by atoms with Crippen molar-refractivity contribution in [2.75, 3.05) is 26.2 Å². The maximum Gasteiger partial charge on any atom is 0.339 e. The number of ether oxygens (including phenoxy) is 1. The first-order chi connectivity index (χ1) is 9.49. The number of benzene rings is 1. The molecule has 1 N–H and O–H groups in total. The first-order valence-electron chi connectivity index (χ1n) is 6.36. The number of aromatic carboxylic acids is 1. The third-order valence-electron chi connectivity index (χ3n) is 2.96. The number of nitrogens with zero attached hydrogens (tertiary/aromatic N) is 2. The zero-order valence-corrected chi connectivity index (χ0v) is 11.5. The summed E-state index contributed by atoms with van der Waals surface area (Å²) < 4.78 is 5.42. The van der Waals surface area contributed by atoms with Crippen LogP contribution >= 0.6 is 0 Å². The van der Waals surface area contributed by atoms with Gasteiger partial charge < -0.3 is 14.7 Å². The predicted molar refractivity (Wildman–Crippen MR) is 73.3 cm³/mol. The Hall–Kier alpha value is -2.15. The summed E-state index contributed by atoms with van der Waals surface area (Å²) in [7, 11) is 0. The number of nitro groups is 1. The molecular weight excluding hydrogens is 264 g/mol. The second-order valence-corrected chi connectivity index (χ2v) is 4.12. The van der Waals surface area contributed by atoms with Crippen molar-refractivity contribution in [2.45, 2.75) is 13.8 Å². The highest BCUT2D eigenvalue weighted by Crippen LogP contribution is 2.24. The molecule has 20 heavy (non-hydrogen) atoms. The van der Waals surface area contributed by atoms with E-state index in [2.05, 4.69) is 4.90 Å². The molecule has 0 radical (unpaired) electrons. The fourth-order valence-corrected chi connectivity index (χ4v) is 1.75. The average molecular weight is 282 g/mol. The van der Waals surface area contributed by atoms with Crippen molar-refractivity contribution in [1.29, 1.82) is 0 Å². The topological polar surface area (TPSA) is 92.9 Å². The molecule has 0 aromatic heterocycles. The molecule has 1 rings (SSSR count). The van der Waals surface area contributed by atoms with Gasteiger partial charge in [-0.1, -0.05) is 13.8 Å². The molecule has 0 atom stereocenters. The minimum absolute atomic E-state index is 0.148. The maximum absolute atomic E-state index is 11.1. The monoisotopic (exact) mass is 282 g/mol. The van der Waals surface area contributed by atoms with Gasteiger partial charge in [0.05, 0.1) is 4.92 Å². The predicted octanol–water partition coefficient (Wildman–Crippen LogP) is 2.01. The number of carboxylic acid groups (broad SMARTS) is 1. The van der Waals surface area contributed by atoms with Gasteiger partial charge in [0.15, 0.2) is 0 Å². The quantitative estimate of drug-likeness (QED) is 0.579. The zero-order valence-electron chi connectivity index (χ0n) is 11.5. The van der Waals surface area contributed by atoms with Gasteiger partial charge in [-0.15, -0.1) is 0 Å². The smallest absolute Gasteiger partial charge is 0.339 e. The van der Waals surface area contributed by atoms with E-state index in [9.17, 15) is 14.9 Å². The van der Waals surface area contributed by atoms with Crippen molar-refractivity contribution in [2.24, 2.45) is 0 Å². The van der Waals surface area contributed by atoms with E-state index >= 15 is 0 Å². The van der Waals surface area contributed by atoms with E-state index in [4.69, 9.17) is 9.84 Å². The van der Waals surface area contributed by atoms with Crippen LogP contribution in [0.4, 0.5) is 5.69 Å². The fourth-order valence-electron chi connectivity index (χ4n) is 1.75. The van der Waals surface area contributed by atoms with Crippen molar-refractivity contribution < 1.29 is 19.6 Å². The highest BCUT2D eigenvalue weighted by molar-refractivity contribution is 5.91. The summed E-state index contributed by atoms with van der Waals surface area (Å²) in [6, 6.07) is 3.57. The van der Waals surface area contributed by atoms with Crippen molar-refractivity contribution in [3.8, 4) is 5.75 Å². The molecule has 0 heterocycles. The Bertz CT molecular complexity index is 486. The van der Waals surface area contributed by atoms with Crippen LogP contribution in [-0.4, -0.2) is 47.1 Å². The molecule has 0 aliphatic heterocycles. The number of nitro benzene ring substituents is 1. The third kappa shape index (κ3) is 4.20. The summed E-state index contributed by atoms with van der Waals surface area (Å²) in [5.41, 5.74) is -0.461. The second-order valence-electron chi connectivity index (χ2n) is 4.12. The third-order valence-corrected chi connectivity index (χ3v) is 2.96. The number of hydrogen-bond acceptors (Lipinski definition) is 5. The Kier molecular flexibility index (Phi) is 5.92. The van der Waals surface area contributed by atoms with Crippen LogP contribution in [0, 0.1) is 10.1 Å². The summed E-state index contributed by atoms with van der Waals surface area (Å²) in [6.07, 6.45) is 0. The van der Waals surface area contributed by atoms with Gasteiger partial charge in [0.25, 0.3) is 5.69 Å². The number of rotatable bonds is 8. The number of carboxylic acids is 1. The molecule has 7 nitrogen and oxygen atoms in total. The normalized spacial score (nSPS) is 10.6. The molecule has 0 unspecified atom stereocenters. The molecule has 0 amide bonds. The lowest BCUT2D eigenvalue weighted by Crippen LogP contribution is -2.28. The van der Waals surface area contributed by atoms with Gasteiger partial charge in [-0.25, -0.2) is 4.79 Å². The molecule has 0 aliphatic carbocycles. The molecule has 110 valence electrons. The summed E-state index contributed by atoms with van der Waals surface area (Å²) in [4.78, 5) is 23.2. The van der Waals surface area contributed by atoms with Gasteiger partial charge in [0.2, 0.25) is 0 Å². The minimum atomic E-state index is -1.24. The molecule has 1 aromatic rings. The van der Waals surface area contributed by atoms with Crippen LogP contribution in [0.15, 0.2) is 18.2 Å². The summed E-state index contributed by atoms with van der Waals surface area (Å²) in [5.74, 6) is -1.10. The second kappa shape index (κ2) is 7.44. The highest BCUT2D eigenvalue weighted by Gasteiger charge is 2.17. The fraction of sp³-hybridized carbons (Fsp3) is 0.462. The van der Waals surface area contributed by atoms with Gasteiger partial charge in [-0.3, -0.25) is 10.1 Å². The molecule has 0 bridgehead atoms. The number of hydrogen-bond donors (Lipinski definition) is 1. The van der Waals surface area contributed by atoms with Gasteiger partial charge in [-0.2, -0.15) is 0 Å². The standard InChI is InChI=1S/C13H18N2O5/c1-3-14(4-2)7-8-20-12-6-5-10(15(18)19)9-11(12)13(16)17/h5-6,9H,3-4,7-8H2,1-2H3,(H,16,17). The van der Waals surface area contributed by atoms with E-state index < -0.39 is 10.9 Å². The van der Waals surface area contributed by atoms with Crippen molar-refractivity contribution in [3.63, 3.8) is 0 Å². The van der Waals surface area contributed by atoms with E-state index in [0.717, 1.165) is 19.2 Å². The summed E-state index contributed by atoms with van der Waals surface area (Å²) in [5, 5.41) is 19.7. The summed E-state index contributed by atoms with van der Waals surface area (Å²) in [6.45, 7) is 6.82. The molecule has 0 spiro atoms. The first-order valence-corrected chi connectivity index (χ1v) is 6.36. The SMILES string of the molecule is CCN(CC)CCOc1ccc([N+](=O)[O-])cc1C(=O)O. The van der Waals surface area contributed by atoms with Gasteiger partial charge in [0.1, 0.15) is 17.9 Å². The zero-order chi connectivity index (χ0) is 15.1. The molecule has 0 saturated carbocycles. The van der Waals surface area contributed by atoms with Crippen molar-refractivity contribution in [1.82, 2.24) is 4.90 Å². The van der Waals surface area contributed by atoms with E-state index in [1.54, 1.807) is 0 Å². The first kappa shape index (κ1) is 15.9. The molecule has 1 aromatic carbocycles. The van der Waals surface area contributed by atoms with E-state index in [0.29, 0.717) is 13.2 Å². The van der Waals surface area contributed by atoms with Crippen LogP contribution in [0.2, 0.25) is 0 Å². The molecular formula is C13H18N2O5. The number of carbonyl (C=O) groups is 1. The van der Waals surface area contributed by atoms with E-state index in [-0.39, 0.29) is 17.0 Å². The van der Waals surface area contributed by atoms with Crippen LogP contribution < -0.4 is 4.74 Å². The van der Waals surface area contributed by atoms with E-state index in [1.165, 1.54) is 12.1 Å². The molecule has 0 fully saturated rings. The maximum atomic E-state index is 11.1. The van der Waals surface area contributed by atoms with Crippen molar-refractivity contribution in [3.05, 3.63) is 33.9 Å². The van der Waals surface area contributed by atoms with Crippen LogP contribution in [0.5, 0.6) is 5.75 Å². The van der Waals surface area contributed by atoms with Gasteiger partial charge >= 0.3 is 5.97 Å². The van der Waals surface area contributed by atoms with Crippen LogP contribution in [0.3, 0.4) is 0 Å². The molecule has 0 aliphatic rings.